The lowest BCUT2D eigenvalue weighted by molar-refractivity contribution is 0.0892. The Labute approximate surface area is 88.5 Å². The topological polar surface area (TPSA) is 22.0 Å². The van der Waals surface area contributed by atoms with Crippen molar-refractivity contribution in [2.45, 2.75) is 19.9 Å². The molecule has 2 aromatic rings. The minimum Gasteiger partial charge on any atom is -0.338 e. The zero-order chi connectivity index (χ0) is 10.4. The van der Waals surface area contributed by atoms with E-state index in [4.69, 9.17) is 0 Å². The fourth-order valence-corrected chi connectivity index (χ4v) is 2.36. The van der Waals surface area contributed by atoms with Gasteiger partial charge in [-0.25, -0.2) is 0 Å². The summed E-state index contributed by atoms with van der Waals surface area (Å²) in [6, 6.07) is 10.2. The van der Waals surface area contributed by atoms with Gasteiger partial charge in [0.2, 0.25) is 0 Å². The van der Waals surface area contributed by atoms with Crippen LogP contribution >= 0.6 is 0 Å². The molecule has 0 bridgehead atoms. The quantitative estimate of drug-likeness (QED) is 0.639. The highest BCUT2D eigenvalue weighted by atomic mass is 16.1. The Bertz CT molecular complexity index is 538. The van der Waals surface area contributed by atoms with Crippen LogP contribution in [0.3, 0.4) is 0 Å². The molecule has 0 fully saturated rings. The number of Topliss-reactive ketones (excluding diaryl/α,β-unsaturated/α-hetero) is 1. The SMILES string of the molecule is CC1CCn2c(cc3ccccc32)C1=O. The van der Waals surface area contributed by atoms with Crippen LogP contribution in [0.25, 0.3) is 10.9 Å². The Balaban J connectivity index is 2.31. The number of rotatable bonds is 0. The molecular weight excluding hydrogens is 186 g/mol. The average molecular weight is 199 g/mol. The molecule has 2 heterocycles. The highest BCUT2D eigenvalue weighted by Crippen LogP contribution is 2.27. The number of carbonyl (C=O) groups is 1. The standard InChI is InChI=1S/C13H13NO/c1-9-6-7-14-11-5-3-2-4-10(11)8-12(14)13(9)15/h2-5,8-9H,6-7H2,1H3. The minimum absolute atomic E-state index is 0.182. The van der Waals surface area contributed by atoms with E-state index >= 15 is 0 Å². The van der Waals surface area contributed by atoms with Crippen molar-refractivity contribution in [1.29, 1.82) is 0 Å². The minimum atomic E-state index is 0.182. The Morgan fingerprint density at radius 3 is 3.00 bits per heavy atom. The van der Waals surface area contributed by atoms with E-state index in [0.29, 0.717) is 0 Å². The highest BCUT2D eigenvalue weighted by molar-refractivity contribution is 6.01. The maximum atomic E-state index is 12.0. The lowest BCUT2D eigenvalue weighted by Crippen LogP contribution is -2.23. The van der Waals surface area contributed by atoms with Crippen LogP contribution in [0.4, 0.5) is 0 Å². The van der Waals surface area contributed by atoms with Crippen molar-refractivity contribution in [3.05, 3.63) is 36.0 Å². The van der Waals surface area contributed by atoms with Crippen molar-refractivity contribution < 1.29 is 4.79 Å². The summed E-state index contributed by atoms with van der Waals surface area (Å²) in [4.78, 5) is 12.0. The van der Waals surface area contributed by atoms with Gasteiger partial charge in [-0.2, -0.15) is 0 Å². The zero-order valence-corrected chi connectivity index (χ0v) is 8.73. The van der Waals surface area contributed by atoms with E-state index in [2.05, 4.69) is 16.7 Å². The van der Waals surface area contributed by atoms with Crippen LogP contribution in [0.5, 0.6) is 0 Å². The Hall–Kier alpha value is -1.57. The van der Waals surface area contributed by atoms with Gasteiger partial charge in [-0.1, -0.05) is 25.1 Å². The molecule has 0 saturated carbocycles. The van der Waals surface area contributed by atoms with E-state index in [-0.39, 0.29) is 11.7 Å². The van der Waals surface area contributed by atoms with Gasteiger partial charge in [-0.3, -0.25) is 4.79 Å². The van der Waals surface area contributed by atoms with Crippen LogP contribution < -0.4 is 0 Å². The summed E-state index contributed by atoms with van der Waals surface area (Å²) in [5.74, 6) is 0.472. The molecule has 1 unspecified atom stereocenters. The molecular formula is C13H13NO. The molecule has 1 aliphatic heterocycles. The monoisotopic (exact) mass is 199 g/mol. The van der Waals surface area contributed by atoms with Gasteiger partial charge in [0, 0.05) is 23.4 Å². The van der Waals surface area contributed by atoms with Gasteiger partial charge in [0.25, 0.3) is 0 Å². The van der Waals surface area contributed by atoms with Crippen LogP contribution in [-0.4, -0.2) is 10.4 Å². The number of fused-ring (bicyclic) bond motifs is 3. The van der Waals surface area contributed by atoms with E-state index < -0.39 is 0 Å². The van der Waals surface area contributed by atoms with E-state index in [1.165, 1.54) is 10.9 Å². The fraction of sp³-hybridized carbons (Fsp3) is 0.308. The molecule has 0 saturated heterocycles. The first-order valence-corrected chi connectivity index (χ1v) is 5.40. The number of nitrogens with zero attached hydrogens (tertiary/aromatic N) is 1. The first-order chi connectivity index (χ1) is 7.27. The summed E-state index contributed by atoms with van der Waals surface area (Å²) in [6.07, 6.45) is 0.963. The molecule has 0 N–H and O–H groups in total. The second-order valence-corrected chi connectivity index (χ2v) is 4.29. The molecule has 15 heavy (non-hydrogen) atoms. The van der Waals surface area contributed by atoms with Crippen molar-refractivity contribution in [2.75, 3.05) is 0 Å². The summed E-state index contributed by atoms with van der Waals surface area (Å²) < 4.78 is 2.15. The molecule has 1 atom stereocenters. The average Bonchev–Trinajstić information content (AvgIpc) is 2.63. The molecule has 2 heteroatoms. The second-order valence-electron chi connectivity index (χ2n) is 4.29. The van der Waals surface area contributed by atoms with E-state index in [1.807, 2.05) is 25.1 Å². The molecule has 0 radical (unpaired) electrons. The Morgan fingerprint density at radius 1 is 1.33 bits per heavy atom. The van der Waals surface area contributed by atoms with E-state index in [9.17, 15) is 4.79 Å². The van der Waals surface area contributed by atoms with Gasteiger partial charge < -0.3 is 4.57 Å². The van der Waals surface area contributed by atoms with Crippen LogP contribution in [-0.2, 0) is 6.54 Å². The number of carbonyl (C=O) groups excluding carboxylic acids is 1. The maximum Gasteiger partial charge on any atom is 0.182 e. The largest absolute Gasteiger partial charge is 0.338 e. The Morgan fingerprint density at radius 2 is 2.13 bits per heavy atom. The second kappa shape index (κ2) is 2.96. The third-order valence-electron chi connectivity index (χ3n) is 3.30. The van der Waals surface area contributed by atoms with Crippen LogP contribution in [0, 0.1) is 5.92 Å². The third-order valence-corrected chi connectivity index (χ3v) is 3.30. The summed E-state index contributed by atoms with van der Waals surface area (Å²) in [5, 5.41) is 1.18. The number of hydrogen-bond acceptors (Lipinski definition) is 1. The van der Waals surface area contributed by atoms with Crippen molar-refractivity contribution in [1.82, 2.24) is 4.57 Å². The van der Waals surface area contributed by atoms with Gasteiger partial charge in [-0.15, -0.1) is 0 Å². The van der Waals surface area contributed by atoms with Crippen LogP contribution in [0.2, 0.25) is 0 Å². The lowest BCUT2D eigenvalue weighted by atomic mass is 9.97. The molecule has 3 rings (SSSR count). The number of hydrogen-bond donors (Lipinski definition) is 0. The van der Waals surface area contributed by atoms with E-state index in [0.717, 1.165) is 18.7 Å². The molecule has 1 aromatic carbocycles. The van der Waals surface area contributed by atoms with Gasteiger partial charge in [-0.05, 0) is 18.6 Å². The first kappa shape index (κ1) is 8.72. The summed E-state index contributed by atoms with van der Waals surface area (Å²) in [7, 11) is 0. The molecule has 76 valence electrons. The predicted octanol–water partition coefficient (Wildman–Crippen LogP) is 2.86. The normalized spacial score (nSPS) is 20.6. The van der Waals surface area contributed by atoms with Crippen LogP contribution in [0.15, 0.2) is 30.3 Å². The summed E-state index contributed by atoms with van der Waals surface area (Å²) in [5.41, 5.74) is 2.07. The number of ketones is 1. The van der Waals surface area contributed by atoms with Gasteiger partial charge in [0.05, 0.1) is 5.69 Å². The van der Waals surface area contributed by atoms with Gasteiger partial charge in [0.15, 0.2) is 5.78 Å². The molecule has 1 aliphatic rings. The molecule has 2 nitrogen and oxygen atoms in total. The highest BCUT2D eigenvalue weighted by Gasteiger charge is 2.25. The van der Waals surface area contributed by atoms with E-state index in [1.54, 1.807) is 0 Å². The van der Waals surface area contributed by atoms with Gasteiger partial charge >= 0.3 is 0 Å². The summed E-state index contributed by atoms with van der Waals surface area (Å²) >= 11 is 0. The van der Waals surface area contributed by atoms with Crippen LogP contribution in [0.1, 0.15) is 23.8 Å². The van der Waals surface area contributed by atoms with Gasteiger partial charge in [0.1, 0.15) is 0 Å². The molecule has 0 amide bonds. The third kappa shape index (κ3) is 1.14. The Kier molecular flexibility index (Phi) is 1.72. The number of benzene rings is 1. The molecule has 1 aromatic heterocycles. The molecule has 0 spiro atoms. The van der Waals surface area contributed by atoms with Crippen molar-refractivity contribution in [3.63, 3.8) is 0 Å². The van der Waals surface area contributed by atoms with Crippen molar-refractivity contribution in [3.8, 4) is 0 Å². The maximum absolute atomic E-state index is 12.0. The zero-order valence-electron chi connectivity index (χ0n) is 8.73. The fourth-order valence-electron chi connectivity index (χ4n) is 2.36. The number of para-hydroxylation sites is 1. The number of aromatic nitrogens is 1. The lowest BCUT2D eigenvalue weighted by Gasteiger charge is -2.20. The van der Waals surface area contributed by atoms with Crippen molar-refractivity contribution >= 4 is 16.7 Å². The number of aryl methyl sites for hydroxylation is 1. The predicted molar refractivity (Wildman–Crippen MR) is 60.0 cm³/mol. The molecule has 0 aliphatic carbocycles. The smallest absolute Gasteiger partial charge is 0.182 e. The van der Waals surface area contributed by atoms with Crippen molar-refractivity contribution in [2.24, 2.45) is 5.92 Å². The summed E-state index contributed by atoms with van der Waals surface area (Å²) in [6.45, 7) is 2.99. The first-order valence-electron chi connectivity index (χ1n) is 5.40.